The first-order chi connectivity index (χ1) is 6.97. The zero-order chi connectivity index (χ0) is 11.3. The molecule has 0 aromatic carbocycles. The summed E-state index contributed by atoms with van der Waals surface area (Å²) in [6, 6.07) is 0.451. The lowest BCUT2D eigenvalue weighted by Gasteiger charge is -2.23. The van der Waals surface area contributed by atoms with E-state index in [1.807, 2.05) is 0 Å². The number of hydrogen-bond donors (Lipinski definition) is 1. The van der Waals surface area contributed by atoms with Crippen molar-refractivity contribution in [2.75, 3.05) is 5.75 Å². The minimum Gasteiger partial charge on any atom is -0.353 e. The summed E-state index contributed by atoms with van der Waals surface area (Å²) >= 11 is 1.72. The molecule has 0 aliphatic heterocycles. The minimum absolute atomic E-state index is 0.184. The summed E-state index contributed by atoms with van der Waals surface area (Å²) in [6.45, 7) is 6.43. The first-order valence-electron chi connectivity index (χ1n) is 5.91. The maximum Gasteiger partial charge on any atom is 0.230 e. The van der Waals surface area contributed by atoms with Gasteiger partial charge in [0.1, 0.15) is 0 Å². The van der Waals surface area contributed by atoms with E-state index in [1.54, 1.807) is 11.8 Å². The highest BCUT2D eigenvalue weighted by Crippen LogP contribution is 2.23. The quantitative estimate of drug-likeness (QED) is 0.806. The molecule has 0 atom stereocenters. The molecule has 15 heavy (non-hydrogen) atoms. The summed E-state index contributed by atoms with van der Waals surface area (Å²) in [4.78, 5) is 11.6. The van der Waals surface area contributed by atoms with E-state index in [4.69, 9.17) is 0 Å². The van der Waals surface area contributed by atoms with Gasteiger partial charge in [-0.1, -0.05) is 40.0 Å². The molecular formula is C12H23NOS. The molecule has 0 aromatic rings. The van der Waals surface area contributed by atoms with E-state index in [-0.39, 0.29) is 10.7 Å². The maximum atomic E-state index is 11.6. The number of carbonyl (C=O) groups is 1. The topological polar surface area (TPSA) is 29.1 Å². The van der Waals surface area contributed by atoms with Crippen LogP contribution < -0.4 is 5.32 Å². The number of hydrogen-bond acceptors (Lipinski definition) is 2. The molecule has 0 bridgehead atoms. The van der Waals surface area contributed by atoms with Gasteiger partial charge in [-0.25, -0.2) is 0 Å². The Labute approximate surface area is 97.6 Å². The zero-order valence-corrected chi connectivity index (χ0v) is 11.0. The molecule has 3 heteroatoms. The summed E-state index contributed by atoms with van der Waals surface area (Å²) in [7, 11) is 0. The van der Waals surface area contributed by atoms with E-state index >= 15 is 0 Å². The van der Waals surface area contributed by atoms with Crippen LogP contribution in [0.5, 0.6) is 0 Å². The fraction of sp³-hybridized carbons (Fsp3) is 0.917. The van der Waals surface area contributed by atoms with Crippen LogP contribution in [0.15, 0.2) is 0 Å². The second kappa shape index (κ2) is 5.78. The van der Waals surface area contributed by atoms with Gasteiger partial charge in [-0.05, 0) is 12.8 Å². The normalized spacial score (nSPS) is 18.9. The van der Waals surface area contributed by atoms with Crippen molar-refractivity contribution in [2.24, 2.45) is 0 Å². The largest absolute Gasteiger partial charge is 0.353 e. The molecule has 0 aromatic heterocycles. The molecule has 1 saturated carbocycles. The van der Waals surface area contributed by atoms with Crippen molar-refractivity contribution < 1.29 is 4.79 Å². The Morgan fingerprint density at radius 1 is 1.27 bits per heavy atom. The van der Waals surface area contributed by atoms with Crippen LogP contribution in [-0.4, -0.2) is 22.4 Å². The monoisotopic (exact) mass is 229 g/mol. The lowest BCUT2D eigenvalue weighted by Crippen LogP contribution is -2.37. The summed E-state index contributed by atoms with van der Waals surface area (Å²) in [5.74, 6) is 0.807. The zero-order valence-electron chi connectivity index (χ0n) is 10.1. The van der Waals surface area contributed by atoms with Gasteiger partial charge >= 0.3 is 0 Å². The van der Waals surface area contributed by atoms with Crippen LogP contribution in [0.1, 0.15) is 52.9 Å². The summed E-state index contributed by atoms with van der Waals surface area (Å²) < 4.78 is 0.184. The van der Waals surface area contributed by atoms with Crippen LogP contribution >= 0.6 is 11.8 Å². The van der Waals surface area contributed by atoms with Crippen LogP contribution in [0.4, 0.5) is 0 Å². The standard InChI is InChI=1S/C12H23NOS/c1-12(2,3)15-9-11(14)13-10-7-5-4-6-8-10/h10H,4-9H2,1-3H3,(H,13,14). The van der Waals surface area contributed by atoms with E-state index in [0.29, 0.717) is 11.8 Å². The van der Waals surface area contributed by atoms with Gasteiger partial charge in [-0.15, -0.1) is 11.8 Å². The van der Waals surface area contributed by atoms with Crippen LogP contribution in [0.25, 0.3) is 0 Å². The average Bonchev–Trinajstić information content (AvgIpc) is 2.15. The lowest BCUT2D eigenvalue weighted by atomic mass is 9.95. The van der Waals surface area contributed by atoms with E-state index in [0.717, 1.165) is 0 Å². The van der Waals surface area contributed by atoms with Crippen molar-refractivity contribution in [3.63, 3.8) is 0 Å². The molecule has 0 radical (unpaired) electrons. The predicted octanol–water partition coefficient (Wildman–Crippen LogP) is 2.97. The molecule has 0 unspecified atom stereocenters. The Bertz CT molecular complexity index is 204. The molecular weight excluding hydrogens is 206 g/mol. The molecule has 1 N–H and O–H groups in total. The summed E-state index contributed by atoms with van der Waals surface area (Å²) in [5, 5.41) is 3.13. The van der Waals surface area contributed by atoms with Gasteiger partial charge in [0, 0.05) is 10.8 Å². The van der Waals surface area contributed by atoms with Crippen LogP contribution in [-0.2, 0) is 4.79 Å². The van der Waals surface area contributed by atoms with Crippen molar-refractivity contribution >= 4 is 17.7 Å². The number of thioether (sulfide) groups is 1. The molecule has 1 aliphatic carbocycles. The van der Waals surface area contributed by atoms with Crippen LogP contribution in [0, 0.1) is 0 Å². The molecule has 0 heterocycles. The van der Waals surface area contributed by atoms with Crippen LogP contribution in [0.2, 0.25) is 0 Å². The molecule has 0 spiro atoms. The molecule has 88 valence electrons. The molecule has 1 aliphatic rings. The first-order valence-corrected chi connectivity index (χ1v) is 6.89. The van der Waals surface area contributed by atoms with Gasteiger partial charge in [-0.2, -0.15) is 0 Å². The first kappa shape index (κ1) is 12.9. The van der Waals surface area contributed by atoms with Gasteiger partial charge in [0.25, 0.3) is 0 Å². The van der Waals surface area contributed by atoms with Crippen molar-refractivity contribution in [3.8, 4) is 0 Å². The Morgan fingerprint density at radius 3 is 2.40 bits per heavy atom. The number of rotatable bonds is 3. The van der Waals surface area contributed by atoms with Crippen molar-refractivity contribution in [1.29, 1.82) is 0 Å². The highest BCUT2D eigenvalue weighted by molar-refractivity contribution is 8.01. The summed E-state index contributed by atoms with van der Waals surface area (Å²) in [5.41, 5.74) is 0. The third kappa shape index (κ3) is 6.08. The van der Waals surface area contributed by atoms with E-state index < -0.39 is 0 Å². The van der Waals surface area contributed by atoms with E-state index in [1.165, 1.54) is 32.1 Å². The minimum atomic E-state index is 0.184. The Kier molecular flexibility index (Phi) is 4.97. The maximum absolute atomic E-state index is 11.6. The molecule has 1 amide bonds. The van der Waals surface area contributed by atoms with Gasteiger partial charge in [0.05, 0.1) is 5.75 Å². The fourth-order valence-electron chi connectivity index (χ4n) is 1.80. The third-order valence-corrected chi connectivity index (χ3v) is 3.88. The number of nitrogens with one attached hydrogen (secondary N) is 1. The van der Waals surface area contributed by atoms with Gasteiger partial charge < -0.3 is 5.32 Å². The molecule has 0 saturated heterocycles. The van der Waals surface area contributed by atoms with Crippen molar-refractivity contribution in [2.45, 2.75) is 63.7 Å². The molecule has 1 rings (SSSR count). The highest BCUT2D eigenvalue weighted by atomic mass is 32.2. The lowest BCUT2D eigenvalue weighted by molar-refractivity contribution is -0.119. The second-order valence-electron chi connectivity index (χ2n) is 5.30. The fourth-order valence-corrected chi connectivity index (χ4v) is 2.45. The SMILES string of the molecule is CC(C)(C)SCC(=O)NC1CCCCC1. The smallest absolute Gasteiger partial charge is 0.230 e. The summed E-state index contributed by atoms with van der Waals surface area (Å²) in [6.07, 6.45) is 6.23. The Hall–Kier alpha value is -0.180. The predicted molar refractivity (Wildman–Crippen MR) is 67.2 cm³/mol. The Morgan fingerprint density at radius 2 is 1.87 bits per heavy atom. The molecule has 2 nitrogen and oxygen atoms in total. The van der Waals surface area contributed by atoms with Crippen LogP contribution in [0.3, 0.4) is 0 Å². The number of carbonyl (C=O) groups excluding carboxylic acids is 1. The Balaban J connectivity index is 2.17. The van der Waals surface area contributed by atoms with E-state index in [9.17, 15) is 4.79 Å². The van der Waals surface area contributed by atoms with Gasteiger partial charge in [0.2, 0.25) is 5.91 Å². The number of amides is 1. The van der Waals surface area contributed by atoms with Gasteiger partial charge in [0.15, 0.2) is 0 Å². The van der Waals surface area contributed by atoms with E-state index in [2.05, 4.69) is 26.1 Å². The van der Waals surface area contributed by atoms with Crippen molar-refractivity contribution in [1.82, 2.24) is 5.32 Å². The second-order valence-corrected chi connectivity index (χ2v) is 7.11. The van der Waals surface area contributed by atoms with Crippen molar-refractivity contribution in [3.05, 3.63) is 0 Å². The molecule has 1 fully saturated rings. The highest BCUT2D eigenvalue weighted by Gasteiger charge is 2.17. The van der Waals surface area contributed by atoms with Gasteiger partial charge in [-0.3, -0.25) is 4.79 Å². The third-order valence-electron chi connectivity index (χ3n) is 2.61. The average molecular weight is 229 g/mol.